The zero-order valence-electron chi connectivity index (χ0n) is 14.4. The molecule has 1 saturated heterocycles. The molecule has 0 saturated carbocycles. The van der Waals surface area contributed by atoms with Crippen molar-refractivity contribution < 1.29 is 24.2 Å². The van der Waals surface area contributed by atoms with E-state index in [1.54, 1.807) is 31.4 Å². The zero-order chi connectivity index (χ0) is 18.1. The molecule has 8 nitrogen and oxygen atoms in total. The predicted molar refractivity (Wildman–Crippen MR) is 91.6 cm³/mol. The number of hydrogen-bond donors (Lipinski definition) is 2. The Bertz CT molecular complexity index is 556. The minimum absolute atomic E-state index is 0.0998. The first-order valence-corrected chi connectivity index (χ1v) is 8.31. The molecule has 0 aromatic heterocycles. The molecule has 0 aliphatic carbocycles. The number of ether oxygens (including phenoxy) is 2. The van der Waals surface area contributed by atoms with Crippen LogP contribution in [0.2, 0.25) is 0 Å². The second-order valence-corrected chi connectivity index (χ2v) is 5.64. The Morgan fingerprint density at radius 1 is 1.12 bits per heavy atom. The van der Waals surface area contributed by atoms with Crippen molar-refractivity contribution in [2.45, 2.75) is 0 Å². The number of rotatable bonds is 7. The van der Waals surface area contributed by atoms with Gasteiger partial charge in [-0.1, -0.05) is 0 Å². The number of nitrogens with one attached hydrogen (secondary N) is 1. The van der Waals surface area contributed by atoms with Gasteiger partial charge in [-0.2, -0.15) is 0 Å². The highest BCUT2D eigenvalue weighted by Gasteiger charge is 2.25. The molecule has 0 bridgehead atoms. The average Bonchev–Trinajstić information content (AvgIpc) is 2.66. The van der Waals surface area contributed by atoms with E-state index in [-0.39, 0.29) is 19.8 Å². The van der Waals surface area contributed by atoms with Crippen molar-refractivity contribution in [3.05, 3.63) is 24.3 Å². The summed E-state index contributed by atoms with van der Waals surface area (Å²) in [5.41, 5.74) is 0. The van der Waals surface area contributed by atoms with Crippen LogP contribution in [0, 0.1) is 0 Å². The van der Waals surface area contributed by atoms with Crippen LogP contribution < -0.4 is 14.8 Å². The van der Waals surface area contributed by atoms with Gasteiger partial charge in [-0.25, -0.2) is 0 Å². The first kappa shape index (κ1) is 19.0. The summed E-state index contributed by atoms with van der Waals surface area (Å²) >= 11 is 0. The van der Waals surface area contributed by atoms with Crippen LogP contribution in [0.1, 0.15) is 0 Å². The lowest BCUT2D eigenvalue weighted by Crippen LogP contribution is -2.53. The molecule has 1 aromatic carbocycles. The van der Waals surface area contributed by atoms with Gasteiger partial charge in [-0.3, -0.25) is 14.5 Å². The van der Waals surface area contributed by atoms with Gasteiger partial charge in [0.25, 0.3) is 0 Å². The Balaban J connectivity index is 1.65. The van der Waals surface area contributed by atoms with Crippen LogP contribution in [0.4, 0.5) is 0 Å². The third-order valence-corrected chi connectivity index (χ3v) is 3.99. The number of piperazine rings is 1. The number of benzene rings is 1. The minimum atomic E-state index is -0.617. The molecule has 1 aliphatic rings. The maximum Gasteiger partial charge on any atom is 0.311 e. The van der Waals surface area contributed by atoms with Crippen molar-refractivity contribution in [2.75, 3.05) is 59.6 Å². The molecule has 2 N–H and O–H groups in total. The highest BCUT2D eigenvalue weighted by molar-refractivity contribution is 6.35. The maximum atomic E-state index is 12.1. The van der Waals surface area contributed by atoms with Crippen molar-refractivity contribution in [1.82, 2.24) is 15.1 Å². The molecular formula is C17H25N3O5. The summed E-state index contributed by atoms with van der Waals surface area (Å²) in [4.78, 5) is 27.6. The molecule has 2 rings (SSSR count). The summed E-state index contributed by atoms with van der Waals surface area (Å²) in [6.07, 6.45) is 0. The Kier molecular flexibility index (Phi) is 7.49. The Morgan fingerprint density at radius 3 is 2.36 bits per heavy atom. The Labute approximate surface area is 147 Å². The summed E-state index contributed by atoms with van der Waals surface area (Å²) in [5, 5.41) is 11.5. The van der Waals surface area contributed by atoms with Crippen molar-refractivity contribution in [3.63, 3.8) is 0 Å². The van der Waals surface area contributed by atoms with E-state index in [2.05, 4.69) is 10.2 Å². The van der Waals surface area contributed by atoms with E-state index in [1.165, 1.54) is 4.90 Å². The van der Waals surface area contributed by atoms with E-state index in [0.717, 1.165) is 5.75 Å². The molecule has 1 aromatic rings. The lowest BCUT2D eigenvalue weighted by molar-refractivity contribution is -0.147. The summed E-state index contributed by atoms with van der Waals surface area (Å²) in [6, 6.07) is 7.12. The van der Waals surface area contributed by atoms with E-state index in [9.17, 15) is 9.59 Å². The van der Waals surface area contributed by atoms with Crippen LogP contribution in [0.25, 0.3) is 0 Å². The first-order chi connectivity index (χ1) is 12.1. The number of carbonyl (C=O) groups excluding carboxylic acids is 2. The Hall–Kier alpha value is -2.32. The second-order valence-electron chi connectivity index (χ2n) is 5.64. The molecule has 0 radical (unpaired) electrons. The Morgan fingerprint density at radius 2 is 1.76 bits per heavy atom. The van der Waals surface area contributed by atoms with E-state index < -0.39 is 11.8 Å². The van der Waals surface area contributed by atoms with Gasteiger partial charge in [0, 0.05) is 32.7 Å². The molecule has 1 fully saturated rings. The number of aliphatic hydroxyl groups excluding tert-OH is 1. The summed E-state index contributed by atoms with van der Waals surface area (Å²) in [7, 11) is 1.59. The predicted octanol–water partition coefficient (Wildman–Crippen LogP) is -0.673. The highest BCUT2D eigenvalue weighted by atomic mass is 16.5. The molecule has 0 spiro atoms. The number of nitrogens with zero attached hydrogens (tertiary/aromatic N) is 2. The largest absolute Gasteiger partial charge is 0.497 e. The monoisotopic (exact) mass is 351 g/mol. The average molecular weight is 351 g/mol. The summed E-state index contributed by atoms with van der Waals surface area (Å²) < 4.78 is 10.6. The number of β-amino-alcohol motifs (C(OH)–C–C–N with tert-alkyl or cyclic N) is 1. The van der Waals surface area contributed by atoms with Crippen LogP contribution in [0.5, 0.6) is 11.5 Å². The van der Waals surface area contributed by atoms with Gasteiger partial charge in [-0.15, -0.1) is 0 Å². The van der Waals surface area contributed by atoms with E-state index in [4.69, 9.17) is 14.6 Å². The molecule has 1 aliphatic heterocycles. The highest BCUT2D eigenvalue weighted by Crippen LogP contribution is 2.16. The number of carbonyl (C=O) groups is 2. The molecule has 2 amide bonds. The molecule has 0 unspecified atom stereocenters. The molecule has 138 valence electrons. The fourth-order valence-corrected chi connectivity index (χ4v) is 2.54. The number of hydrogen-bond acceptors (Lipinski definition) is 6. The van der Waals surface area contributed by atoms with Crippen molar-refractivity contribution in [2.24, 2.45) is 0 Å². The number of amides is 2. The first-order valence-electron chi connectivity index (χ1n) is 8.31. The second kappa shape index (κ2) is 9.85. The maximum absolute atomic E-state index is 12.1. The van der Waals surface area contributed by atoms with Crippen molar-refractivity contribution in [1.29, 1.82) is 0 Å². The van der Waals surface area contributed by atoms with Gasteiger partial charge in [0.05, 0.1) is 20.3 Å². The van der Waals surface area contributed by atoms with Crippen LogP contribution in [-0.2, 0) is 9.59 Å². The van der Waals surface area contributed by atoms with Crippen LogP contribution in [0.3, 0.4) is 0 Å². The van der Waals surface area contributed by atoms with Crippen LogP contribution >= 0.6 is 0 Å². The lowest BCUT2D eigenvalue weighted by Gasteiger charge is -2.33. The fraction of sp³-hybridized carbons (Fsp3) is 0.529. The molecule has 1 heterocycles. The quantitative estimate of drug-likeness (QED) is 0.500. The fourth-order valence-electron chi connectivity index (χ4n) is 2.54. The number of aliphatic hydroxyl groups is 1. The van der Waals surface area contributed by atoms with Crippen LogP contribution in [0.15, 0.2) is 24.3 Å². The van der Waals surface area contributed by atoms with Crippen molar-refractivity contribution in [3.8, 4) is 11.5 Å². The van der Waals surface area contributed by atoms with Crippen LogP contribution in [-0.4, -0.2) is 86.3 Å². The van der Waals surface area contributed by atoms with Gasteiger partial charge in [0.2, 0.25) is 0 Å². The van der Waals surface area contributed by atoms with Gasteiger partial charge < -0.3 is 24.8 Å². The van der Waals surface area contributed by atoms with E-state index in [1.807, 2.05) is 0 Å². The lowest BCUT2D eigenvalue weighted by atomic mass is 10.3. The molecule has 0 atom stereocenters. The normalized spacial score (nSPS) is 14.9. The summed E-state index contributed by atoms with van der Waals surface area (Å²) in [6.45, 7) is 3.54. The SMILES string of the molecule is COc1ccc(OCCNC(=O)C(=O)N2CCN(CCO)CC2)cc1. The van der Waals surface area contributed by atoms with Gasteiger partial charge in [-0.05, 0) is 24.3 Å². The summed E-state index contributed by atoms with van der Waals surface area (Å²) in [5.74, 6) is 0.272. The molecule has 25 heavy (non-hydrogen) atoms. The zero-order valence-corrected chi connectivity index (χ0v) is 14.4. The standard InChI is InChI=1S/C17H25N3O5/c1-24-14-2-4-15(5-3-14)25-13-6-18-16(22)17(23)20-9-7-19(8-10-20)11-12-21/h2-5,21H,6-13H2,1H3,(H,18,22). The molecule has 8 heteroatoms. The van der Waals surface area contributed by atoms with Gasteiger partial charge in [0.15, 0.2) is 0 Å². The molecular weight excluding hydrogens is 326 g/mol. The van der Waals surface area contributed by atoms with E-state index >= 15 is 0 Å². The van der Waals surface area contributed by atoms with E-state index in [0.29, 0.717) is 38.5 Å². The topological polar surface area (TPSA) is 91.3 Å². The van der Waals surface area contributed by atoms with Gasteiger partial charge >= 0.3 is 11.8 Å². The van der Waals surface area contributed by atoms with Gasteiger partial charge in [0.1, 0.15) is 18.1 Å². The smallest absolute Gasteiger partial charge is 0.311 e. The number of methoxy groups -OCH3 is 1. The minimum Gasteiger partial charge on any atom is -0.497 e. The van der Waals surface area contributed by atoms with Crippen molar-refractivity contribution >= 4 is 11.8 Å². The third kappa shape index (κ3) is 5.91. The third-order valence-electron chi connectivity index (χ3n) is 3.99.